The molecule has 3 heteroatoms. The third-order valence-electron chi connectivity index (χ3n) is 2.71. The summed E-state index contributed by atoms with van der Waals surface area (Å²) >= 11 is 6.15. The predicted octanol–water partition coefficient (Wildman–Crippen LogP) is 3.24. The van der Waals surface area contributed by atoms with E-state index >= 15 is 0 Å². The van der Waals surface area contributed by atoms with Gasteiger partial charge in [0.1, 0.15) is 0 Å². The summed E-state index contributed by atoms with van der Waals surface area (Å²) in [6, 6.07) is 6.61. The zero-order chi connectivity index (χ0) is 10.7. The average molecular weight is 226 g/mol. The van der Waals surface area contributed by atoms with E-state index in [4.69, 9.17) is 16.3 Å². The van der Waals surface area contributed by atoms with Crippen LogP contribution in [0.25, 0.3) is 0 Å². The van der Waals surface area contributed by atoms with Gasteiger partial charge in [-0.1, -0.05) is 17.7 Å². The summed E-state index contributed by atoms with van der Waals surface area (Å²) in [5.41, 5.74) is 2.23. The zero-order valence-corrected chi connectivity index (χ0v) is 9.68. The number of anilines is 1. The largest absolute Gasteiger partial charge is 0.381 e. The van der Waals surface area contributed by atoms with Crippen LogP contribution in [-0.4, -0.2) is 19.3 Å². The molecule has 15 heavy (non-hydrogen) atoms. The molecule has 1 heterocycles. The minimum Gasteiger partial charge on any atom is -0.381 e. The molecule has 1 N–H and O–H groups in total. The Balaban J connectivity index is 2.03. The van der Waals surface area contributed by atoms with Gasteiger partial charge in [0.2, 0.25) is 0 Å². The first-order valence-corrected chi connectivity index (χ1v) is 5.74. The van der Waals surface area contributed by atoms with Gasteiger partial charge in [0.15, 0.2) is 0 Å². The predicted molar refractivity (Wildman–Crippen MR) is 63.7 cm³/mol. The average Bonchev–Trinajstić information content (AvgIpc) is 2.24. The highest BCUT2D eigenvalue weighted by Gasteiger charge is 2.14. The van der Waals surface area contributed by atoms with E-state index < -0.39 is 0 Å². The smallest absolute Gasteiger partial charge is 0.0640 e. The number of halogens is 1. The summed E-state index contributed by atoms with van der Waals surface area (Å²) in [4.78, 5) is 0. The van der Waals surface area contributed by atoms with Crippen LogP contribution in [0.5, 0.6) is 0 Å². The second-order valence-corrected chi connectivity index (χ2v) is 4.42. The number of nitrogens with one attached hydrogen (secondary N) is 1. The van der Waals surface area contributed by atoms with Crippen molar-refractivity contribution < 1.29 is 4.74 Å². The normalized spacial score (nSPS) is 17.7. The van der Waals surface area contributed by atoms with Gasteiger partial charge in [-0.3, -0.25) is 0 Å². The maximum Gasteiger partial charge on any atom is 0.0640 e. The lowest BCUT2D eigenvalue weighted by Gasteiger charge is -2.24. The monoisotopic (exact) mass is 225 g/mol. The summed E-state index contributed by atoms with van der Waals surface area (Å²) in [6.45, 7) is 3.74. The van der Waals surface area contributed by atoms with Gasteiger partial charge in [-0.05, 0) is 37.5 Å². The molecule has 2 nitrogen and oxygen atoms in total. The Morgan fingerprint density at radius 1 is 1.33 bits per heavy atom. The van der Waals surface area contributed by atoms with Crippen LogP contribution in [0.3, 0.4) is 0 Å². The molecule has 2 rings (SSSR count). The summed E-state index contributed by atoms with van der Waals surface area (Å²) < 4.78 is 5.31. The van der Waals surface area contributed by atoms with Crippen molar-refractivity contribution >= 4 is 17.3 Å². The van der Waals surface area contributed by atoms with E-state index in [9.17, 15) is 0 Å². The maximum atomic E-state index is 6.15. The number of benzene rings is 1. The van der Waals surface area contributed by atoms with Crippen LogP contribution < -0.4 is 5.32 Å². The molecule has 0 radical (unpaired) electrons. The van der Waals surface area contributed by atoms with E-state index in [1.165, 1.54) is 5.56 Å². The van der Waals surface area contributed by atoms with Gasteiger partial charge in [0.05, 0.1) is 10.7 Å². The molecule has 1 aliphatic rings. The second kappa shape index (κ2) is 4.86. The fourth-order valence-electron chi connectivity index (χ4n) is 1.80. The van der Waals surface area contributed by atoms with Crippen molar-refractivity contribution in [2.24, 2.45) is 0 Å². The highest BCUT2D eigenvalue weighted by atomic mass is 35.5. The first-order valence-electron chi connectivity index (χ1n) is 5.36. The van der Waals surface area contributed by atoms with E-state index in [0.717, 1.165) is 36.8 Å². The first kappa shape index (κ1) is 10.8. The van der Waals surface area contributed by atoms with Gasteiger partial charge in [0.25, 0.3) is 0 Å². The van der Waals surface area contributed by atoms with Gasteiger partial charge in [-0.25, -0.2) is 0 Å². The minimum atomic E-state index is 0.499. The summed E-state index contributed by atoms with van der Waals surface area (Å²) in [7, 11) is 0. The van der Waals surface area contributed by atoms with Crippen molar-refractivity contribution in [3.8, 4) is 0 Å². The van der Waals surface area contributed by atoms with Crippen molar-refractivity contribution in [3.05, 3.63) is 28.8 Å². The molecule has 0 unspecified atom stereocenters. The summed E-state index contributed by atoms with van der Waals surface area (Å²) in [5, 5.41) is 4.27. The van der Waals surface area contributed by atoms with Gasteiger partial charge in [-0.2, -0.15) is 0 Å². The van der Waals surface area contributed by atoms with Crippen molar-refractivity contribution in [1.29, 1.82) is 0 Å². The van der Waals surface area contributed by atoms with Gasteiger partial charge in [-0.15, -0.1) is 0 Å². The number of hydrogen-bond donors (Lipinski definition) is 1. The van der Waals surface area contributed by atoms with Crippen LogP contribution in [0.15, 0.2) is 18.2 Å². The number of aryl methyl sites for hydroxylation is 1. The zero-order valence-electron chi connectivity index (χ0n) is 8.92. The molecule has 1 aliphatic heterocycles. The third-order valence-corrected chi connectivity index (χ3v) is 3.02. The van der Waals surface area contributed by atoms with Crippen LogP contribution in [0, 0.1) is 6.92 Å². The molecule has 0 spiro atoms. The molecule has 1 aromatic carbocycles. The molecule has 0 saturated carbocycles. The Morgan fingerprint density at radius 2 is 2.07 bits per heavy atom. The van der Waals surface area contributed by atoms with E-state index in [0.29, 0.717) is 6.04 Å². The van der Waals surface area contributed by atoms with Crippen LogP contribution in [0.2, 0.25) is 5.02 Å². The van der Waals surface area contributed by atoms with Crippen LogP contribution in [0.1, 0.15) is 18.4 Å². The third kappa shape index (κ3) is 2.86. The highest BCUT2D eigenvalue weighted by molar-refractivity contribution is 6.33. The van der Waals surface area contributed by atoms with Crippen LogP contribution >= 0.6 is 11.6 Å². The van der Waals surface area contributed by atoms with Crippen LogP contribution in [0.4, 0.5) is 5.69 Å². The lowest BCUT2D eigenvalue weighted by molar-refractivity contribution is 0.0904. The molecular formula is C12H16ClNO. The van der Waals surface area contributed by atoms with E-state index in [2.05, 4.69) is 11.4 Å². The summed E-state index contributed by atoms with van der Waals surface area (Å²) in [6.07, 6.45) is 2.12. The van der Waals surface area contributed by atoms with Crippen molar-refractivity contribution in [1.82, 2.24) is 0 Å². The van der Waals surface area contributed by atoms with Gasteiger partial charge in [0, 0.05) is 19.3 Å². The minimum absolute atomic E-state index is 0.499. The second-order valence-electron chi connectivity index (χ2n) is 4.01. The molecule has 0 atom stereocenters. The Bertz CT molecular complexity index is 334. The molecule has 1 saturated heterocycles. The highest BCUT2D eigenvalue weighted by Crippen LogP contribution is 2.25. The van der Waals surface area contributed by atoms with E-state index in [1.807, 2.05) is 19.1 Å². The molecule has 0 aromatic heterocycles. The Hall–Kier alpha value is -0.730. The number of rotatable bonds is 2. The van der Waals surface area contributed by atoms with Gasteiger partial charge < -0.3 is 10.1 Å². The Labute approximate surface area is 95.6 Å². The van der Waals surface area contributed by atoms with E-state index in [1.54, 1.807) is 0 Å². The fourth-order valence-corrected chi connectivity index (χ4v) is 2.09. The lowest BCUT2D eigenvalue weighted by atomic mass is 10.1. The quantitative estimate of drug-likeness (QED) is 0.835. The van der Waals surface area contributed by atoms with Crippen molar-refractivity contribution in [2.45, 2.75) is 25.8 Å². The first-order chi connectivity index (χ1) is 7.25. The van der Waals surface area contributed by atoms with Crippen molar-refractivity contribution in [2.75, 3.05) is 18.5 Å². The Morgan fingerprint density at radius 3 is 2.73 bits per heavy atom. The maximum absolute atomic E-state index is 6.15. The summed E-state index contributed by atoms with van der Waals surface area (Å²) in [5.74, 6) is 0. The molecule has 82 valence electrons. The van der Waals surface area contributed by atoms with Gasteiger partial charge >= 0.3 is 0 Å². The molecule has 0 amide bonds. The standard InChI is InChI=1S/C12H16ClNO/c1-9-2-3-12(11(13)8-9)14-10-4-6-15-7-5-10/h2-3,8,10,14H,4-7H2,1H3. The SMILES string of the molecule is Cc1ccc(NC2CCOCC2)c(Cl)c1. The number of hydrogen-bond acceptors (Lipinski definition) is 2. The number of ether oxygens (including phenoxy) is 1. The Kier molecular flexibility index (Phi) is 3.49. The fraction of sp³-hybridized carbons (Fsp3) is 0.500. The molecular weight excluding hydrogens is 210 g/mol. The molecule has 1 fully saturated rings. The lowest BCUT2D eigenvalue weighted by Crippen LogP contribution is -2.27. The topological polar surface area (TPSA) is 21.3 Å². The molecule has 0 aliphatic carbocycles. The molecule has 0 bridgehead atoms. The van der Waals surface area contributed by atoms with E-state index in [-0.39, 0.29) is 0 Å². The van der Waals surface area contributed by atoms with Crippen LogP contribution in [-0.2, 0) is 4.74 Å². The molecule has 1 aromatic rings. The van der Waals surface area contributed by atoms with Crippen molar-refractivity contribution in [3.63, 3.8) is 0 Å².